The molecule has 0 saturated carbocycles. The zero-order valence-electron chi connectivity index (χ0n) is 9.99. The van der Waals surface area contributed by atoms with Gasteiger partial charge < -0.3 is 4.74 Å². The van der Waals surface area contributed by atoms with E-state index in [2.05, 4.69) is 23.8 Å². The number of rotatable bonds is 2. The van der Waals surface area contributed by atoms with Crippen molar-refractivity contribution in [3.05, 3.63) is 35.9 Å². The third-order valence-corrected chi connectivity index (χ3v) is 1.70. The average Bonchev–Trinajstić information content (AvgIpc) is 2.20. The molecule has 0 spiro atoms. The minimum Gasteiger partial charge on any atom is -0.466 e. The Morgan fingerprint density at radius 1 is 1.27 bits per heavy atom. The Bertz CT molecular complexity index is 265. The Balaban J connectivity index is 0.000000262. The molecule has 0 saturated heterocycles. The van der Waals surface area contributed by atoms with Gasteiger partial charge in [-0.15, -0.1) is 0 Å². The number of esters is 1. The first kappa shape index (κ1) is 13.7. The van der Waals surface area contributed by atoms with Crippen molar-refractivity contribution in [2.24, 2.45) is 5.92 Å². The van der Waals surface area contributed by atoms with Crippen LogP contribution < -0.4 is 0 Å². The molecule has 0 fully saturated rings. The highest BCUT2D eigenvalue weighted by atomic mass is 16.5. The van der Waals surface area contributed by atoms with Gasteiger partial charge in [-0.3, -0.25) is 4.79 Å². The molecule has 0 atom stereocenters. The molecule has 2 nitrogen and oxygen atoms in total. The second kappa shape index (κ2) is 8.04. The molecule has 1 rings (SSSR count). The number of hydrogen-bond acceptors (Lipinski definition) is 2. The van der Waals surface area contributed by atoms with Gasteiger partial charge in [0.05, 0.1) is 12.5 Å². The van der Waals surface area contributed by atoms with Crippen LogP contribution in [-0.4, -0.2) is 12.6 Å². The molecular formula is C13H20O2. The summed E-state index contributed by atoms with van der Waals surface area (Å²) in [5, 5.41) is 0. The van der Waals surface area contributed by atoms with Crippen molar-refractivity contribution in [3.8, 4) is 0 Å². The fourth-order valence-corrected chi connectivity index (χ4v) is 0.843. The van der Waals surface area contributed by atoms with Gasteiger partial charge in [0.25, 0.3) is 0 Å². The van der Waals surface area contributed by atoms with Crippen molar-refractivity contribution in [2.45, 2.75) is 27.7 Å². The molecular weight excluding hydrogens is 188 g/mol. The van der Waals surface area contributed by atoms with Crippen LogP contribution in [0.2, 0.25) is 0 Å². The number of aryl methyl sites for hydroxylation is 1. The number of carbonyl (C=O) groups excluding carboxylic acids is 1. The molecule has 15 heavy (non-hydrogen) atoms. The smallest absolute Gasteiger partial charge is 0.308 e. The first-order valence-electron chi connectivity index (χ1n) is 5.26. The van der Waals surface area contributed by atoms with Crippen molar-refractivity contribution < 1.29 is 9.53 Å². The zero-order chi connectivity index (χ0) is 11.7. The Hall–Kier alpha value is -1.31. The molecule has 0 amide bonds. The summed E-state index contributed by atoms with van der Waals surface area (Å²) in [6, 6.07) is 10.3. The highest BCUT2D eigenvalue weighted by molar-refractivity contribution is 5.71. The third-order valence-electron chi connectivity index (χ3n) is 1.70. The van der Waals surface area contributed by atoms with Gasteiger partial charge in [-0.25, -0.2) is 0 Å². The molecule has 1 aromatic rings. The fraction of sp³-hybridized carbons (Fsp3) is 0.462. The summed E-state index contributed by atoms with van der Waals surface area (Å²) in [6.07, 6.45) is 0. The SMILES string of the molecule is CCOC(=O)C(C)C.Cc1ccccc1. The maximum atomic E-state index is 10.5. The predicted octanol–water partition coefficient (Wildman–Crippen LogP) is 3.20. The zero-order valence-corrected chi connectivity index (χ0v) is 9.99. The average molecular weight is 208 g/mol. The van der Waals surface area contributed by atoms with E-state index < -0.39 is 0 Å². The van der Waals surface area contributed by atoms with Gasteiger partial charge in [0.1, 0.15) is 0 Å². The Morgan fingerprint density at radius 3 is 2.00 bits per heavy atom. The summed E-state index contributed by atoms with van der Waals surface area (Å²) in [5.74, 6) is -0.109. The number of benzene rings is 1. The van der Waals surface area contributed by atoms with Crippen molar-refractivity contribution in [1.29, 1.82) is 0 Å². The maximum absolute atomic E-state index is 10.5. The molecule has 0 bridgehead atoms. The Morgan fingerprint density at radius 2 is 1.80 bits per heavy atom. The summed E-state index contributed by atoms with van der Waals surface area (Å²) in [5.41, 5.74) is 1.32. The summed E-state index contributed by atoms with van der Waals surface area (Å²) < 4.78 is 4.66. The molecule has 2 heteroatoms. The Kier molecular flexibility index (Phi) is 7.33. The van der Waals surface area contributed by atoms with Gasteiger partial charge >= 0.3 is 5.97 Å². The first-order chi connectivity index (χ1) is 7.07. The normalized spacial score (nSPS) is 9.13. The molecule has 0 N–H and O–H groups in total. The van der Waals surface area contributed by atoms with Gasteiger partial charge in [-0.05, 0) is 13.8 Å². The number of ether oxygens (including phenoxy) is 1. The molecule has 0 aromatic heterocycles. The van der Waals surface area contributed by atoms with Crippen LogP contribution in [-0.2, 0) is 9.53 Å². The summed E-state index contributed by atoms with van der Waals surface area (Å²) >= 11 is 0. The van der Waals surface area contributed by atoms with E-state index in [4.69, 9.17) is 0 Å². The third kappa shape index (κ3) is 7.74. The van der Waals surface area contributed by atoms with Gasteiger partial charge in [-0.2, -0.15) is 0 Å². The Labute approximate surface area is 92.3 Å². The van der Waals surface area contributed by atoms with Crippen molar-refractivity contribution in [3.63, 3.8) is 0 Å². The van der Waals surface area contributed by atoms with Crippen LogP contribution in [0.25, 0.3) is 0 Å². The van der Waals surface area contributed by atoms with E-state index in [1.807, 2.05) is 32.0 Å². The highest BCUT2D eigenvalue weighted by Gasteiger charge is 2.04. The lowest BCUT2D eigenvalue weighted by Gasteiger charge is -2.01. The monoisotopic (exact) mass is 208 g/mol. The van der Waals surface area contributed by atoms with Gasteiger partial charge in [0.2, 0.25) is 0 Å². The predicted molar refractivity (Wildman–Crippen MR) is 62.7 cm³/mol. The highest BCUT2D eigenvalue weighted by Crippen LogP contribution is 1.94. The molecule has 0 unspecified atom stereocenters. The van der Waals surface area contributed by atoms with Crippen molar-refractivity contribution in [2.75, 3.05) is 6.61 Å². The van der Waals surface area contributed by atoms with E-state index >= 15 is 0 Å². The summed E-state index contributed by atoms with van der Waals surface area (Å²) in [7, 11) is 0. The lowest BCUT2D eigenvalue weighted by Crippen LogP contribution is -2.10. The van der Waals surface area contributed by atoms with Crippen molar-refractivity contribution in [1.82, 2.24) is 0 Å². The summed E-state index contributed by atoms with van der Waals surface area (Å²) in [6.45, 7) is 8.01. The lowest BCUT2D eigenvalue weighted by atomic mass is 10.2. The van der Waals surface area contributed by atoms with Crippen LogP contribution >= 0.6 is 0 Å². The quantitative estimate of drug-likeness (QED) is 0.698. The maximum Gasteiger partial charge on any atom is 0.308 e. The van der Waals surface area contributed by atoms with Crippen molar-refractivity contribution >= 4 is 5.97 Å². The van der Waals surface area contributed by atoms with Crippen LogP contribution in [0.3, 0.4) is 0 Å². The molecule has 0 heterocycles. The molecule has 0 aliphatic carbocycles. The fourth-order valence-electron chi connectivity index (χ4n) is 0.843. The van der Waals surface area contributed by atoms with Crippen LogP contribution in [0.4, 0.5) is 0 Å². The largest absolute Gasteiger partial charge is 0.466 e. The van der Waals surface area contributed by atoms with Gasteiger partial charge in [0, 0.05) is 0 Å². The van der Waals surface area contributed by atoms with Gasteiger partial charge in [-0.1, -0.05) is 49.7 Å². The first-order valence-corrected chi connectivity index (χ1v) is 5.26. The standard InChI is InChI=1S/C7H8.C6H12O2/c1-7-5-3-2-4-6-7;1-4-8-6(7)5(2)3/h2-6H,1H3;5H,4H2,1-3H3. The lowest BCUT2D eigenvalue weighted by molar-refractivity contribution is -0.146. The van der Waals surface area contributed by atoms with E-state index in [1.54, 1.807) is 6.92 Å². The number of hydrogen-bond donors (Lipinski definition) is 0. The summed E-state index contributed by atoms with van der Waals surface area (Å²) in [4.78, 5) is 10.5. The van der Waals surface area contributed by atoms with E-state index in [0.717, 1.165) is 0 Å². The van der Waals surface area contributed by atoms with E-state index in [1.165, 1.54) is 5.56 Å². The van der Waals surface area contributed by atoms with Crippen LogP contribution in [0, 0.1) is 12.8 Å². The van der Waals surface area contributed by atoms with Crippen LogP contribution in [0.1, 0.15) is 26.3 Å². The minimum atomic E-state index is -0.118. The second-order valence-corrected chi connectivity index (χ2v) is 3.56. The van der Waals surface area contributed by atoms with Gasteiger partial charge in [0.15, 0.2) is 0 Å². The van der Waals surface area contributed by atoms with E-state index in [0.29, 0.717) is 6.61 Å². The molecule has 84 valence electrons. The van der Waals surface area contributed by atoms with Crippen LogP contribution in [0.15, 0.2) is 30.3 Å². The van der Waals surface area contributed by atoms with E-state index in [9.17, 15) is 4.79 Å². The molecule has 0 aliphatic heterocycles. The second-order valence-electron chi connectivity index (χ2n) is 3.56. The molecule has 1 aromatic carbocycles. The molecule has 0 radical (unpaired) electrons. The van der Waals surface area contributed by atoms with E-state index in [-0.39, 0.29) is 11.9 Å². The van der Waals surface area contributed by atoms with Crippen LogP contribution in [0.5, 0.6) is 0 Å². The topological polar surface area (TPSA) is 26.3 Å². The number of carbonyl (C=O) groups is 1. The minimum absolute atomic E-state index is 0.00921. The molecule has 0 aliphatic rings.